The van der Waals surface area contributed by atoms with E-state index in [0.29, 0.717) is 24.3 Å². The van der Waals surface area contributed by atoms with Gasteiger partial charge in [0.25, 0.3) is 0 Å². The Bertz CT molecular complexity index is 896. The molecule has 0 aliphatic heterocycles. The van der Waals surface area contributed by atoms with Gasteiger partial charge in [0.05, 0.1) is 21.8 Å². The van der Waals surface area contributed by atoms with Crippen LogP contribution < -0.4 is 9.47 Å². The lowest BCUT2D eigenvalue weighted by atomic mass is 10.3. The van der Waals surface area contributed by atoms with Crippen LogP contribution in [0.15, 0.2) is 29.4 Å². The van der Waals surface area contributed by atoms with Crippen LogP contribution in [0.2, 0.25) is 0 Å². The Labute approximate surface area is 145 Å². The highest BCUT2D eigenvalue weighted by molar-refractivity contribution is 7.92. The largest absolute Gasteiger partial charge is 0.475 e. The molecule has 3 rings (SSSR count). The Morgan fingerprint density at radius 3 is 2.48 bits per heavy atom. The monoisotopic (exact) mass is 366 g/mol. The molecule has 2 aromatic rings. The summed E-state index contributed by atoms with van der Waals surface area (Å²) in [6, 6.07) is 3.65. The van der Waals surface area contributed by atoms with Crippen LogP contribution in [0.25, 0.3) is 0 Å². The number of rotatable bonds is 6. The first-order chi connectivity index (χ1) is 11.8. The highest BCUT2D eigenvalue weighted by Crippen LogP contribution is 2.36. The van der Waals surface area contributed by atoms with Gasteiger partial charge in [0.2, 0.25) is 11.8 Å². The lowest BCUT2D eigenvalue weighted by Gasteiger charge is -2.14. The third-order valence-electron chi connectivity index (χ3n) is 3.74. The smallest absolute Gasteiger partial charge is 0.229 e. The highest BCUT2D eigenvalue weighted by atomic mass is 32.2. The first-order valence-electron chi connectivity index (χ1n) is 7.98. The van der Waals surface area contributed by atoms with E-state index < -0.39 is 20.9 Å². The van der Waals surface area contributed by atoms with Gasteiger partial charge in [-0.05, 0) is 51.8 Å². The molecule has 0 unspecified atom stereocenters. The van der Waals surface area contributed by atoms with Crippen LogP contribution in [0.5, 0.6) is 17.5 Å². The van der Waals surface area contributed by atoms with Gasteiger partial charge in [0, 0.05) is 0 Å². The van der Waals surface area contributed by atoms with Crippen molar-refractivity contribution in [2.24, 2.45) is 0 Å². The van der Waals surface area contributed by atoms with E-state index in [9.17, 15) is 12.8 Å². The Morgan fingerprint density at radius 1 is 1.20 bits per heavy atom. The summed E-state index contributed by atoms with van der Waals surface area (Å²) in [6.07, 6.45) is 2.44. The van der Waals surface area contributed by atoms with Gasteiger partial charge in [-0.15, -0.1) is 0 Å². The molecular weight excluding hydrogens is 347 g/mol. The molecule has 1 aliphatic rings. The van der Waals surface area contributed by atoms with Crippen molar-refractivity contribution in [3.63, 3.8) is 0 Å². The molecule has 0 saturated heterocycles. The molecular formula is C17H19FN2O4S. The molecule has 1 saturated carbocycles. The molecule has 0 amide bonds. The van der Waals surface area contributed by atoms with Crippen molar-refractivity contribution < 1.29 is 22.3 Å². The molecule has 1 heterocycles. The summed E-state index contributed by atoms with van der Waals surface area (Å²) in [6.45, 7) is 5.43. The van der Waals surface area contributed by atoms with E-state index in [4.69, 9.17) is 9.47 Å². The summed E-state index contributed by atoms with van der Waals surface area (Å²) in [5, 5.41) is -0.390. The van der Waals surface area contributed by atoms with Crippen molar-refractivity contribution in [1.82, 2.24) is 9.97 Å². The normalized spacial score (nSPS) is 14.6. The van der Waals surface area contributed by atoms with E-state index in [2.05, 4.69) is 9.97 Å². The number of hydrogen-bond donors (Lipinski definition) is 0. The molecule has 0 bridgehead atoms. The summed E-state index contributed by atoms with van der Waals surface area (Å²) in [4.78, 5) is 8.00. The SMILES string of the molecule is Cc1c(Oc2ccc(S(=O)(=O)C3CC3)cc2F)ncnc1OC(C)C. The van der Waals surface area contributed by atoms with Gasteiger partial charge in [0.15, 0.2) is 21.4 Å². The third-order valence-corrected chi connectivity index (χ3v) is 6.00. The Balaban J connectivity index is 1.86. The first-order valence-corrected chi connectivity index (χ1v) is 9.53. The zero-order valence-electron chi connectivity index (χ0n) is 14.2. The number of aromatic nitrogens is 2. The number of hydrogen-bond acceptors (Lipinski definition) is 6. The zero-order valence-corrected chi connectivity index (χ0v) is 15.0. The second kappa shape index (κ2) is 6.59. The van der Waals surface area contributed by atoms with Crippen molar-refractivity contribution in [2.45, 2.75) is 49.9 Å². The van der Waals surface area contributed by atoms with Gasteiger partial charge in [-0.25, -0.2) is 22.8 Å². The summed E-state index contributed by atoms with van der Waals surface area (Å²) in [7, 11) is -3.45. The lowest BCUT2D eigenvalue weighted by molar-refractivity contribution is 0.228. The Morgan fingerprint density at radius 2 is 1.88 bits per heavy atom. The van der Waals surface area contributed by atoms with Crippen molar-refractivity contribution in [3.05, 3.63) is 35.9 Å². The summed E-state index contributed by atoms with van der Waals surface area (Å²) in [5.74, 6) is -0.353. The van der Waals surface area contributed by atoms with Gasteiger partial charge in [-0.2, -0.15) is 0 Å². The van der Waals surface area contributed by atoms with E-state index in [1.807, 2.05) is 13.8 Å². The van der Waals surface area contributed by atoms with Gasteiger partial charge in [-0.3, -0.25) is 0 Å². The van der Waals surface area contributed by atoms with E-state index in [1.165, 1.54) is 18.5 Å². The predicted molar refractivity (Wildman–Crippen MR) is 89.2 cm³/mol. The standard InChI is InChI=1S/C17H19FN2O4S/c1-10(2)23-16-11(3)17(20-9-19-16)24-15-7-6-13(8-14(15)18)25(21,22)12-4-5-12/h6-10,12H,4-5H2,1-3H3. The molecule has 0 atom stereocenters. The van der Waals surface area contributed by atoms with E-state index in [1.54, 1.807) is 6.92 Å². The number of ether oxygens (including phenoxy) is 2. The fourth-order valence-electron chi connectivity index (χ4n) is 2.28. The van der Waals surface area contributed by atoms with Crippen LogP contribution >= 0.6 is 0 Å². The van der Waals surface area contributed by atoms with Crippen molar-refractivity contribution in [2.75, 3.05) is 0 Å². The molecule has 25 heavy (non-hydrogen) atoms. The Hall–Kier alpha value is -2.22. The molecule has 134 valence electrons. The van der Waals surface area contributed by atoms with Crippen LogP contribution in [0.3, 0.4) is 0 Å². The number of halogens is 1. The fourth-order valence-corrected chi connectivity index (χ4v) is 3.95. The summed E-state index contributed by atoms with van der Waals surface area (Å²) >= 11 is 0. The van der Waals surface area contributed by atoms with E-state index in [-0.39, 0.29) is 22.6 Å². The maximum atomic E-state index is 14.3. The van der Waals surface area contributed by atoms with Crippen LogP contribution in [0.4, 0.5) is 4.39 Å². The van der Waals surface area contributed by atoms with Gasteiger partial charge in [-0.1, -0.05) is 0 Å². The molecule has 1 aliphatic carbocycles. The second-order valence-corrected chi connectivity index (χ2v) is 8.44. The molecule has 0 spiro atoms. The highest BCUT2D eigenvalue weighted by Gasteiger charge is 2.37. The fraction of sp³-hybridized carbons (Fsp3) is 0.412. The van der Waals surface area contributed by atoms with Crippen LogP contribution in [0, 0.1) is 12.7 Å². The van der Waals surface area contributed by atoms with Gasteiger partial charge in [0.1, 0.15) is 6.33 Å². The average Bonchev–Trinajstić information content (AvgIpc) is 3.37. The Kier molecular flexibility index (Phi) is 4.64. The maximum Gasteiger partial charge on any atom is 0.229 e. The topological polar surface area (TPSA) is 78.4 Å². The quantitative estimate of drug-likeness (QED) is 0.779. The van der Waals surface area contributed by atoms with Gasteiger partial charge >= 0.3 is 0 Å². The summed E-state index contributed by atoms with van der Waals surface area (Å²) in [5.41, 5.74) is 0.533. The third kappa shape index (κ3) is 3.73. The van der Waals surface area contributed by atoms with E-state index in [0.717, 1.165) is 6.07 Å². The van der Waals surface area contributed by atoms with Crippen molar-refractivity contribution >= 4 is 9.84 Å². The second-order valence-electron chi connectivity index (χ2n) is 6.21. The molecule has 1 aromatic carbocycles. The molecule has 6 nitrogen and oxygen atoms in total. The predicted octanol–water partition coefficient (Wildman–Crippen LogP) is 3.44. The minimum atomic E-state index is -3.45. The van der Waals surface area contributed by atoms with Crippen molar-refractivity contribution in [3.8, 4) is 17.5 Å². The summed E-state index contributed by atoms with van der Waals surface area (Å²) < 4.78 is 49.7. The minimum absolute atomic E-state index is 0.0249. The van der Waals surface area contributed by atoms with Gasteiger partial charge < -0.3 is 9.47 Å². The maximum absolute atomic E-state index is 14.3. The number of benzene rings is 1. The van der Waals surface area contributed by atoms with Crippen molar-refractivity contribution in [1.29, 1.82) is 0 Å². The number of nitrogens with zero attached hydrogens (tertiary/aromatic N) is 2. The zero-order chi connectivity index (χ0) is 18.2. The molecule has 1 aromatic heterocycles. The first kappa shape index (κ1) is 17.6. The lowest BCUT2D eigenvalue weighted by Crippen LogP contribution is -2.09. The molecule has 0 radical (unpaired) electrons. The van der Waals surface area contributed by atoms with Crippen LogP contribution in [0.1, 0.15) is 32.3 Å². The minimum Gasteiger partial charge on any atom is -0.475 e. The number of sulfone groups is 1. The molecule has 1 fully saturated rings. The average molecular weight is 366 g/mol. The van der Waals surface area contributed by atoms with E-state index >= 15 is 0 Å². The van der Waals surface area contributed by atoms with Crippen LogP contribution in [-0.2, 0) is 9.84 Å². The molecule has 0 N–H and O–H groups in total. The molecule has 8 heteroatoms. The van der Waals surface area contributed by atoms with Crippen LogP contribution in [-0.4, -0.2) is 29.7 Å².